The number of fused-ring (bicyclic) bond motifs is 1. The summed E-state index contributed by atoms with van der Waals surface area (Å²) in [6.45, 7) is 0. The molecule has 146 valence electrons. The summed E-state index contributed by atoms with van der Waals surface area (Å²) < 4.78 is 21.0. The minimum absolute atomic E-state index is 0.361. The van der Waals surface area contributed by atoms with Gasteiger partial charge < -0.3 is 23.9 Å². The fourth-order valence-electron chi connectivity index (χ4n) is 2.74. The first-order valence-electron chi connectivity index (χ1n) is 8.39. The number of hydrogen-bond acceptors (Lipinski definition) is 6. The molecule has 28 heavy (non-hydrogen) atoms. The van der Waals surface area contributed by atoms with Crippen LogP contribution in [0.3, 0.4) is 0 Å². The van der Waals surface area contributed by atoms with E-state index in [1.165, 1.54) is 6.21 Å². The van der Waals surface area contributed by atoms with E-state index >= 15 is 0 Å². The number of aromatic amines is 1. The van der Waals surface area contributed by atoms with Crippen molar-refractivity contribution in [1.82, 2.24) is 10.4 Å². The zero-order valence-electron chi connectivity index (χ0n) is 16.0. The molecule has 0 spiro atoms. The Bertz CT molecular complexity index is 985. The first-order chi connectivity index (χ1) is 13.6. The van der Waals surface area contributed by atoms with Gasteiger partial charge in [-0.15, -0.1) is 0 Å². The van der Waals surface area contributed by atoms with E-state index in [4.69, 9.17) is 18.9 Å². The monoisotopic (exact) mass is 383 g/mol. The number of aromatic nitrogens is 1. The van der Waals surface area contributed by atoms with Crippen LogP contribution in [-0.2, 0) is 0 Å². The third-order valence-electron chi connectivity index (χ3n) is 4.18. The number of H-pyrrole nitrogens is 1. The highest BCUT2D eigenvalue weighted by Gasteiger charge is 2.12. The van der Waals surface area contributed by atoms with E-state index < -0.39 is 0 Å². The molecule has 0 unspecified atom stereocenters. The molecule has 1 heterocycles. The molecule has 0 aliphatic carbocycles. The zero-order chi connectivity index (χ0) is 20.1. The van der Waals surface area contributed by atoms with Crippen molar-refractivity contribution in [1.29, 1.82) is 0 Å². The van der Waals surface area contributed by atoms with Crippen LogP contribution in [0.2, 0.25) is 0 Å². The molecule has 3 rings (SSSR count). The van der Waals surface area contributed by atoms with Gasteiger partial charge >= 0.3 is 0 Å². The predicted octanol–water partition coefficient (Wildman–Crippen LogP) is 2.97. The Hall–Kier alpha value is -3.68. The van der Waals surface area contributed by atoms with Gasteiger partial charge in [-0.25, -0.2) is 5.43 Å². The molecule has 8 nitrogen and oxygen atoms in total. The highest BCUT2D eigenvalue weighted by atomic mass is 16.5. The maximum atomic E-state index is 12.4. The fourth-order valence-corrected chi connectivity index (χ4v) is 2.74. The molecule has 1 aromatic heterocycles. The van der Waals surface area contributed by atoms with Crippen molar-refractivity contribution in [3.8, 4) is 23.0 Å². The Kier molecular flexibility index (Phi) is 5.69. The number of amides is 1. The predicted molar refractivity (Wildman–Crippen MR) is 106 cm³/mol. The number of nitrogens with one attached hydrogen (secondary N) is 2. The number of methoxy groups -OCH3 is 4. The summed E-state index contributed by atoms with van der Waals surface area (Å²) in [4.78, 5) is 15.5. The number of hydrazone groups is 1. The van der Waals surface area contributed by atoms with Crippen LogP contribution in [-0.4, -0.2) is 45.5 Å². The van der Waals surface area contributed by atoms with E-state index in [1.54, 1.807) is 64.8 Å². The van der Waals surface area contributed by atoms with Crippen LogP contribution in [0.4, 0.5) is 0 Å². The van der Waals surface area contributed by atoms with E-state index in [0.29, 0.717) is 34.3 Å². The average molecular weight is 383 g/mol. The van der Waals surface area contributed by atoms with E-state index in [2.05, 4.69) is 15.5 Å². The Balaban J connectivity index is 1.79. The van der Waals surface area contributed by atoms with Crippen LogP contribution in [0, 0.1) is 0 Å². The van der Waals surface area contributed by atoms with Crippen LogP contribution < -0.4 is 24.4 Å². The van der Waals surface area contributed by atoms with Crippen molar-refractivity contribution in [2.24, 2.45) is 5.10 Å². The highest BCUT2D eigenvalue weighted by Crippen LogP contribution is 2.32. The summed E-state index contributed by atoms with van der Waals surface area (Å²) in [6.07, 6.45) is 1.49. The van der Waals surface area contributed by atoms with Gasteiger partial charge in [0.15, 0.2) is 11.5 Å². The molecular weight excluding hydrogens is 362 g/mol. The van der Waals surface area contributed by atoms with Crippen molar-refractivity contribution in [2.45, 2.75) is 0 Å². The lowest BCUT2D eigenvalue weighted by Gasteiger charge is -2.06. The maximum Gasteiger partial charge on any atom is 0.287 e. The normalized spacial score (nSPS) is 10.9. The molecule has 0 bridgehead atoms. The Labute approximate surface area is 162 Å². The Morgan fingerprint density at radius 3 is 2.32 bits per heavy atom. The minimum atomic E-state index is -0.382. The topological polar surface area (TPSA) is 94.2 Å². The molecule has 3 aromatic rings. The van der Waals surface area contributed by atoms with Crippen molar-refractivity contribution in [3.05, 3.63) is 47.7 Å². The summed E-state index contributed by atoms with van der Waals surface area (Å²) >= 11 is 0. The molecule has 2 N–H and O–H groups in total. The van der Waals surface area contributed by atoms with Gasteiger partial charge in [0.2, 0.25) is 0 Å². The molecule has 0 aliphatic rings. The molecule has 1 amide bonds. The number of rotatable bonds is 7. The minimum Gasteiger partial charge on any atom is -0.497 e. The summed E-state index contributed by atoms with van der Waals surface area (Å²) in [5.74, 6) is 2.05. The average Bonchev–Trinajstić information content (AvgIpc) is 3.15. The molecule has 2 aromatic carbocycles. The van der Waals surface area contributed by atoms with Crippen molar-refractivity contribution >= 4 is 23.0 Å². The number of carbonyl (C=O) groups excluding carboxylic acids is 1. The van der Waals surface area contributed by atoms with Crippen molar-refractivity contribution < 1.29 is 23.7 Å². The van der Waals surface area contributed by atoms with E-state index in [0.717, 1.165) is 10.9 Å². The SMILES string of the molecule is COc1ccc(OC)c(/C=N/NC(=O)c2cc3cc(OC)c(OC)cc3[nH]2)c1. The second kappa shape index (κ2) is 8.34. The van der Waals surface area contributed by atoms with Crippen LogP contribution in [0.5, 0.6) is 23.0 Å². The van der Waals surface area contributed by atoms with Gasteiger partial charge in [0, 0.05) is 22.5 Å². The van der Waals surface area contributed by atoms with Crippen molar-refractivity contribution in [3.63, 3.8) is 0 Å². The van der Waals surface area contributed by atoms with Crippen LogP contribution in [0.25, 0.3) is 10.9 Å². The van der Waals surface area contributed by atoms with Crippen molar-refractivity contribution in [2.75, 3.05) is 28.4 Å². The van der Waals surface area contributed by atoms with Gasteiger partial charge in [-0.2, -0.15) is 5.10 Å². The van der Waals surface area contributed by atoms with E-state index in [-0.39, 0.29) is 5.91 Å². The lowest BCUT2D eigenvalue weighted by atomic mass is 10.2. The van der Waals surface area contributed by atoms with Crippen LogP contribution in [0.15, 0.2) is 41.5 Å². The molecule has 0 saturated carbocycles. The van der Waals surface area contributed by atoms with Gasteiger partial charge in [-0.1, -0.05) is 0 Å². The smallest absolute Gasteiger partial charge is 0.287 e. The third kappa shape index (κ3) is 3.85. The fraction of sp³-hybridized carbons (Fsp3) is 0.200. The number of benzene rings is 2. The van der Waals surface area contributed by atoms with E-state index in [1.807, 2.05) is 0 Å². The van der Waals surface area contributed by atoms with Crippen LogP contribution >= 0.6 is 0 Å². The number of ether oxygens (including phenoxy) is 4. The lowest BCUT2D eigenvalue weighted by Crippen LogP contribution is -2.17. The Morgan fingerprint density at radius 1 is 0.929 bits per heavy atom. The summed E-state index contributed by atoms with van der Waals surface area (Å²) in [5, 5.41) is 4.83. The molecule has 0 radical (unpaired) electrons. The first-order valence-corrected chi connectivity index (χ1v) is 8.39. The standard InChI is InChI=1S/C20H21N3O5/c1-25-14-5-6-17(26-2)13(7-14)11-21-23-20(24)16-8-12-9-18(27-3)19(28-4)10-15(12)22-16/h5-11,22H,1-4H3,(H,23,24)/b21-11+. The first kappa shape index (κ1) is 19.1. The molecular formula is C20H21N3O5. The third-order valence-corrected chi connectivity index (χ3v) is 4.18. The zero-order valence-corrected chi connectivity index (χ0v) is 16.0. The largest absolute Gasteiger partial charge is 0.497 e. The van der Waals surface area contributed by atoms with E-state index in [9.17, 15) is 4.79 Å². The van der Waals surface area contributed by atoms with Gasteiger partial charge in [0.05, 0.1) is 34.7 Å². The number of nitrogens with zero attached hydrogens (tertiary/aromatic N) is 1. The molecule has 0 fully saturated rings. The lowest BCUT2D eigenvalue weighted by molar-refractivity contribution is 0.0951. The maximum absolute atomic E-state index is 12.4. The summed E-state index contributed by atoms with van der Waals surface area (Å²) in [7, 11) is 6.25. The van der Waals surface area contributed by atoms with Gasteiger partial charge in [-0.3, -0.25) is 4.79 Å². The van der Waals surface area contributed by atoms with Gasteiger partial charge in [-0.05, 0) is 30.3 Å². The quantitative estimate of drug-likeness (QED) is 0.483. The highest BCUT2D eigenvalue weighted by molar-refractivity contribution is 5.99. The summed E-state index contributed by atoms with van der Waals surface area (Å²) in [6, 6.07) is 10.6. The number of hydrogen-bond donors (Lipinski definition) is 2. The number of carbonyl (C=O) groups is 1. The Morgan fingerprint density at radius 2 is 1.64 bits per heavy atom. The molecule has 8 heteroatoms. The molecule has 0 atom stereocenters. The molecule has 0 saturated heterocycles. The van der Waals surface area contributed by atoms with Crippen LogP contribution in [0.1, 0.15) is 16.1 Å². The second-order valence-electron chi connectivity index (χ2n) is 5.78. The second-order valence-corrected chi connectivity index (χ2v) is 5.78. The van der Waals surface area contributed by atoms with Gasteiger partial charge in [0.1, 0.15) is 17.2 Å². The van der Waals surface area contributed by atoms with Gasteiger partial charge in [0.25, 0.3) is 5.91 Å². The molecule has 0 aliphatic heterocycles. The summed E-state index contributed by atoms with van der Waals surface area (Å²) in [5.41, 5.74) is 4.28.